The van der Waals surface area contributed by atoms with Crippen LogP contribution in [0, 0.1) is 13.8 Å². The van der Waals surface area contributed by atoms with Gasteiger partial charge in [0, 0.05) is 35.3 Å². The van der Waals surface area contributed by atoms with Crippen molar-refractivity contribution >= 4 is 46.6 Å². The Morgan fingerprint density at radius 3 is 3.07 bits per heavy atom. The molecule has 0 amide bonds. The van der Waals surface area contributed by atoms with Gasteiger partial charge in [0.25, 0.3) is 0 Å². The number of thiazole rings is 1. The molecule has 0 aliphatic carbocycles. The SMILES string of the molecule is C=N/C(=C\SCOCc1ccc(C)nc1C)c1csc(NC2=NCCCN2)n1. The Morgan fingerprint density at radius 1 is 1.43 bits per heavy atom. The van der Waals surface area contributed by atoms with E-state index in [9.17, 15) is 0 Å². The summed E-state index contributed by atoms with van der Waals surface area (Å²) >= 11 is 3.04. The van der Waals surface area contributed by atoms with E-state index in [0.29, 0.717) is 12.5 Å². The molecule has 148 valence electrons. The van der Waals surface area contributed by atoms with E-state index in [-0.39, 0.29) is 0 Å². The van der Waals surface area contributed by atoms with Crippen LogP contribution in [0.25, 0.3) is 5.70 Å². The number of guanidine groups is 1. The Kier molecular flexibility index (Phi) is 7.58. The third-order valence-corrected chi connectivity index (χ3v) is 5.45. The summed E-state index contributed by atoms with van der Waals surface area (Å²) < 4.78 is 5.74. The zero-order chi connectivity index (χ0) is 19.8. The molecule has 3 heterocycles. The van der Waals surface area contributed by atoms with Crippen molar-refractivity contribution in [3.8, 4) is 0 Å². The molecule has 0 unspecified atom stereocenters. The number of ether oxygens (including phenoxy) is 1. The molecule has 0 spiro atoms. The Bertz CT molecular complexity index is 877. The van der Waals surface area contributed by atoms with Crippen molar-refractivity contribution in [2.45, 2.75) is 26.9 Å². The maximum atomic E-state index is 5.74. The largest absolute Gasteiger partial charge is 0.366 e. The van der Waals surface area contributed by atoms with E-state index < -0.39 is 0 Å². The van der Waals surface area contributed by atoms with Crippen LogP contribution in [0.2, 0.25) is 0 Å². The van der Waals surface area contributed by atoms with Gasteiger partial charge in [-0.2, -0.15) is 0 Å². The number of rotatable bonds is 8. The lowest BCUT2D eigenvalue weighted by molar-refractivity contribution is 0.168. The van der Waals surface area contributed by atoms with E-state index in [1.807, 2.05) is 30.7 Å². The molecule has 3 rings (SSSR count). The van der Waals surface area contributed by atoms with E-state index in [0.717, 1.165) is 58.9 Å². The molecule has 0 atom stereocenters. The summed E-state index contributed by atoms with van der Waals surface area (Å²) in [6, 6.07) is 4.06. The Balaban J connectivity index is 1.49. The second-order valence-corrected chi connectivity index (χ2v) is 7.83. The normalized spacial score (nSPS) is 14.4. The van der Waals surface area contributed by atoms with Gasteiger partial charge in [-0.25, -0.2) is 4.98 Å². The number of thioether (sulfide) groups is 1. The number of anilines is 1. The lowest BCUT2D eigenvalue weighted by Crippen LogP contribution is -2.35. The molecule has 0 bridgehead atoms. The number of aromatic nitrogens is 2. The minimum absolute atomic E-state index is 0.516. The van der Waals surface area contributed by atoms with E-state index in [4.69, 9.17) is 4.74 Å². The minimum Gasteiger partial charge on any atom is -0.366 e. The highest BCUT2D eigenvalue weighted by atomic mass is 32.2. The summed E-state index contributed by atoms with van der Waals surface area (Å²) in [5.74, 6) is 1.29. The van der Waals surface area contributed by atoms with Crippen molar-refractivity contribution < 1.29 is 4.74 Å². The standard InChI is InChI=1S/C19H24N6OS2/c1-13-5-6-15(14(2)23-13)9-26-12-27-10-16(20-3)17-11-28-19(24-17)25-18-21-7-4-8-22-18/h5-6,10-11H,3-4,7-9,12H2,1-2H3,(H2,21,22,24,25)/b16-10-. The van der Waals surface area contributed by atoms with Gasteiger partial charge in [-0.1, -0.05) is 6.07 Å². The van der Waals surface area contributed by atoms with Gasteiger partial charge in [0.1, 0.15) is 5.69 Å². The van der Waals surface area contributed by atoms with E-state index >= 15 is 0 Å². The fourth-order valence-electron chi connectivity index (χ4n) is 2.53. The summed E-state index contributed by atoms with van der Waals surface area (Å²) in [5, 5.41) is 11.1. The molecule has 0 radical (unpaired) electrons. The average molecular weight is 417 g/mol. The first kappa shape index (κ1) is 20.5. The topological polar surface area (TPSA) is 83.8 Å². The van der Waals surface area contributed by atoms with Crippen molar-refractivity contribution in [3.63, 3.8) is 0 Å². The fraction of sp³-hybridized carbons (Fsp3) is 0.368. The summed E-state index contributed by atoms with van der Waals surface area (Å²) in [5.41, 5.74) is 4.64. The lowest BCUT2D eigenvalue weighted by Gasteiger charge is -2.14. The molecule has 0 aromatic carbocycles. The molecule has 2 aromatic rings. The van der Waals surface area contributed by atoms with Gasteiger partial charge in [-0.15, -0.1) is 23.1 Å². The summed E-state index contributed by atoms with van der Waals surface area (Å²) in [4.78, 5) is 17.5. The molecule has 2 aromatic heterocycles. The molecule has 7 nitrogen and oxygen atoms in total. The van der Waals surface area contributed by atoms with Crippen LogP contribution < -0.4 is 10.6 Å². The maximum absolute atomic E-state index is 5.74. The number of hydrogen-bond donors (Lipinski definition) is 2. The minimum atomic E-state index is 0.516. The Morgan fingerprint density at radius 2 is 2.32 bits per heavy atom. The van der Waals surface area contributed by atoms with Crippen molar-refractivity contribution in [2.24, 2.45) is 9.98 Å². The van der Waals surface area contributed by atoms with Gasteiger partial charge in [-0.05, 0) is 38.6 Å². The fourth-order valence-corrected chi connectivity index (χ4v) is 3.83. The molecular formula is C19H24N6OS2. The zero-order valence-electron chi connectivity index (χ0n) is 16.1. The van der Waals surface area contributed by atoms with Gasteiger partial charge in [-0.3, -0.25) is 15.0 Å². The van der Waals surface area contributed by atoms with E-state index in [1.165, 1.54) is 23.1 Å². The molecule has 0 fully saturated rings. The second kappa shape index (κ2) is 10.4. The average Bonchev–Trinajstić information content (AvgIpc) is 3.15. The lowest BCUT2D eigenvalue weighted by atomic mass is 10.2. The molecular weight excluding hydrogens is 392 g/mol. The van der Waals surface area contributed by atoms with E-state index in [1.54, 1.807) is 0 Å². The monoisotopic (exact) mass is 416 g/mol. The van der Waals surface area contributed by atoms with E-state index in [2.05, 4.69) is 43.4 Å². The highest BCUT2D eigenvalue weighted by Gasteiger charge is 2.09. The van der Waals surface area contributed by atoms with Gasteiger partial charge in [0.2, 0.25) is 0 Å². The van der Waals surface area contributed by atoms with Crippen LogP contribution in [-0.2, 0) is 11.3 Å². The maximum Gasteiger partial charge on any atom is 0.197 e. The van der Waals surface area contributed by atoms with Crippen LogP contribution in [0.15, 0.2) is 32.9 Å². The number of nitrogens with one attached hydrogen (secondary N) is 2. The Labute approximate surface area is 173 Å². The first-order chi connectivity index (χ1) is 13.7. The van der Waals surface area contributed by atoms with Crippen LogP contribution in [-0.4, -0.2) is 41.7 Å². The predicted octanol–water partition coefficient (Wildman–Crippen LogP) is 3.82. The van der Waals surface area contributed by atoms with Crippen LogP contribution in [0.5, 0.6) is 0 Å². The van der Waals surface area contributed by atoms with Crippen LogP contribution in [0.3, 0.4) is 0 Å². The summed E-state index contributed by atoms with van der Waals surface area (Å²) in [6.07, 6.45) is 1.06. The Hall–Kier alpha value is -2.23. The molecule has 9 heteroatoms. The van der Waals surface area contributed by atoms with Crippen molar-refractivity contribution in [1.29, 1.82) is 0 Å². The first-order valence-corrected chi connectivity index (χ1v) is 10.9. The third kappa shape index (κ3) is 5.88. The number of aliphatic imine (C=N–C) groups is 2. The summed E-state index contributed by atoms with van der Waals surface area (Å²) in [7, 11) is 0. The van der Waals surface area contributed by atoms with Gasteiger partial charge < -0.3 is 15.4 Å². The smallest absolute Gasteiger partial charge is 0.197 e. The number of pyridine rings is 1. The van der Waals surface area contributed by atoms with Gasteiger partial charge in [0.15, 0.2) is 11.1 Å². The van der Waals surface area contributed by atoms with Crippen molar-refractivity contribution in [3.05, 3.63) is 45.6 Å². The molecule has 1 aliphatic heterocycles. The summed E-state index contributed by atoms with van der Waals surface area (Å²) in [6.45, 7) is 9.95. The quantitative estimate of drug-likeness (QED) is 0.387. The predicted molar refractivity (Wildman–Crippen MR) is 119 cm³/mol. The van der Waals surface area contributed by atoms with Crippen LogP contribution in [0.1, 0.15) is 29.1 Å². The van der Waals surface area contributed by atoms with Crippen molar-refractivity contribution in [1.82, 2.24) is 15.3 Å². The van der Waals surface area contributed by atoms with Gasteiger partial charge in [0.05, 0.1) is 18.2 Å². The van der Waals surface area contributed by atoms with Crippen LogP contribution >= 0.6 is 23.1 Å². The number of aryl methyl sites for hydroxylation is 2. The molecule has 0 saturated heterocycles. The highest BCUT2D eigenvalue weighted by Crippen LogP contribution is 2.24. The highest BCUT2D eigenvalue weighted by molar-refractivity contribution is 8.02. The second-order valence-electron chi connectivity index (χ2n) is 6.16. The van der Waals surface area contributed by atoms with Crippen LogP contribution in [0.4, 0.5) is 5.13 Å². The first-order valence-electron chi connectivity index (χ1n) is 8.96. The number of nitrogens with zero attached hydrogens (tertiary/aromatic N) is 4. The molecule has 2 N–H and O–H groups in total. The molecule has 28 heavy (non-hydrogen) atoms. The van der Waals surface area contributed by atoms with Gasteiger partial charge >= 0.3 is 0 Å². The third-order valence-electron chi connectivity index (χ3n) is 4.00. The molecule has 1 aliphatic rings. The zero-order valence-corrected chi connectivity index (χ0v) is 17.7. The molecule has 0 saturated carbocycles. The number of hydrogen-bond acceptors (Lipinski definition) is 9. The van der Waals surface area contributed by atoms with Crippen molar-refractivity contribution in [2.75, 3.05) is 24.3 Å².